The van der Waals surface area contributed by atoms with Crippen LogP contribution >= 0.6 is 0 Å². The van der Waals surface area contributed by atoms with Crippen LogP contribution in [0.5, 0.6) is 0 Å². The molecule has 1 aliphatic heterocycles. The number of primary amides is 1. The van der Waals surface area contributed by atoms with Gasteiger partial charge in [0, 0.05) is 26.3 Å². The summed E-state index contributed by atoms with van der Waals surface area (Å²) in [7, 11) is 3.26. The van der Waals surface area contributed by atoms with Crippen molar-refractivity contribution in [2.45, 2.75) is 24.9 Å². The number of hydrogen-bond donors (Lipinski definition) is 2. The molecule has 1 atom stereocenters. The summed E-state index contributed by atoms with van der Waals surface area (Å²) in [5.74, 6) is -0.451. The third-order valence-corrected chi connectivity index (χ3v) is 4.27. The van der Waals surface area contributed by atoms with Gasteiger partial charge in [0.15, 0.2) is 0 Å². The van der Waals surface area contributed by atoms with E-state index < -0.39 is 11.4 Å². The number of nitrogens with zero attached hydrogens (tertiary/aromatic N) is 1. The Morgan fingerprint density at radius 1 is 1.36 bits per heavy atom. The predicted molar refractivity (Wildman–Crippen MR) is 83.3 cm³/mol. The Labute approximate surface area is 130 Å². The fourth-order valence-electron chi connectivity index (χ4n) is 3.12. The molecule has 2 rings (SSSR count). The number of carbonyl (C=O) groups is 2. The van der Waals surface area contributed by atoms with Crippen molar-refractivity contribution in [1.82, 2.24) is 10.2 Å². The molecule has 0 spiro atoms. The maximum absolute atomic E-state index is 12.4. The average molecular weight is 305 g/mol. The summed E-state index contributed by atoms with van der Waals surface area (Å²) in [4.78, 5) is 25.6. The summed E-state index contributed by atoms with van der Waals surface area (Å²) in [6.07, 6.45) is 1.73. The molecule has 1 aromatic carbocycles. The predicted octanol–water partition coefficient (Wildman–Crippen LogP) is 0.513. The monoisotopic (exact) mass is 305 g/mol. The number of benzene rings is 1. The van der Waals surface area contributed by atoms with Crippen LogP contribution in [0.1, 0.15) is 28.8 Å². The molecule has 1 fully saturated rings. The first-order valence-corrected chi connectivity index (χ1v) is 7.38. The lowest BCUT2D eigenvalue weighted by atomic mass is 9.95. The number of likely N-dealkylation sites (tertiary alicyclic amines) is 1. The lowest BCUT2D eigenvalue weighted by Crippen LogP contribution is -2.57. The molecule has 1 aromatic rings. The second-order valence-corrected chi connectivity index (χ2v) is 5.63. The van der Waals surface area contributed by atoms with E-state index in [1.807, 2.05) is 12.1 Å². The van der Waals surface area contributed by atoms with E-state index in [0.29, 0.717) is 18.7 Å². The van der Waals surface area contributed by atoms with Crippen LogP contribution in [0.3, 0.4) is 0 Å². The molecule has 22 heavy (non-hydrogen) atoms. The van der Waals surface area contributed by atoms with E-state index in [-0.39, 0.29) is 5.91 Å². The zero-order valence-electron chi connectivity index (χ0n) is 13.1. The first-order valence-electron chi connectivity index (χ1n) is 7.38. The van der Waals surface area contributed by atoms with Gasteiger partial charge in [-0.25, -0.2) is 0 Å². The Morgan fingerprint density at radius 3 is 2.59 bits per heavy atom. The van der Waals surface area contributed by atoms with Crippen molar-refractivity contribution in [3.63, 3.8) is 0 Å². The molecule has 1 heterocycles. The summed E-state index contributed by atoms with van der Waals surface area (Å²) in [6, 6.07) is 7.18. The molecular weight excluding hydrogens is 282 g/mol. The van der Waals surface area contributed by atoms with Crippen molar-refractivity contribution in [2.75, 3.05) is 27.3 Å². The second kappa shape index (κ2) is 6.89. The summed E-state index contributed by atoms with van der Waals surface area (Å²) in [5.41, 5.74) is 6.15. The van der Waals surface area contributed by atoms with Gasteiger partial charge < -0.3 is 15.8 Å². The zero-order valence-corrected chi connectivity index (χ0v) is 13.1. The van der Waals surface area contributed by atoms with Crippen LogP contribution in [0, 0.1) is 0 Å². The fourth-order valence-corrected chi connectivity index (χ4v) is 3.12. The van der Waals surface area contributed by atoms with Gasteiger partial charge in [-0.1, -0.05) is 12.1 Å². The first-order chi connectivity index (χ1) is 10.5. The van der Waals surface area contributed by atoms with Gasteiger partial charge in [0.1, 0.15) is 5.54 Å². The van der Waals surface area contributed by atoms with Gasteiger partial charge in [-0.3, -0.25) is 14.5 Å². The van der Waals surface area contributed by atoms with Gasteiger partial charge in [-0.15, -0.1) is 0 Å². The van der Waals surface area contributed by atoms with Crippen molar-refractivity contribution in [1.29, 1.82) is 0 Å². The fraction of sp³-hybridized carbons (Fsp3) is 0.500. The maximum atomic E-state index is 12.4. The van der Waals surface area contributed by atoms with Crippen LogP contribution in [-0.4, -0.2) is 49.6 Å². The molecule has 0 saturated carbocycles. The van der Waals surface area contributed by atoms with Crippen molar-refractivity contribution < 1.29 is 14.3 Å². The third-order valence-electron chi connectivity index (χ3n) is 4.27. The van der Waals surface area contributed by atoms with Crippen molar-refractivity contribution in [2.24, 2.45) is 5.73 Å². The summed E-state index contributed by atoms with van der Waals surface area (Å²) in [6.45, 7) is 1.84. The number of nitrogens with two attached hydrogens (primary N) is 1. The highest BCUT2D eigenvalue weighted by Crippen LogP contribution is 2.31. The van der Waals surface area contributed by atoms with E-state index in [1.165, 1.54) is 0 Å². The van der Waals surface area contributed by atoms with Gasteiger partial charge in [0.2, 0.25) is 11.8 Å². The Bertz CT molecular complexity index is 544. The van der Waals surface area contributed by atoms with Crippen LogP contribution in [0.2, 0.25) is 0 Å². The lowest BCUT2D eigenvalue weighted by Gasteiger charge is -2.36. The molecule has 0 bridgehead atoms. The van der Waals surface area contributed by atoms with Gasteiger partial charge in [-0.05, 0) is 37.1 Å². The molecular formula is C16H23N3O3. The summed E-state index contributed by atoms with van der Waals surface area (Å²) in [5, 5.41) is 2.75. The normalized spacial score (nSPS) is 21.7. The Hall–Kier alpha value is -1.92. The van der Waals surface area contributed by atoms with Crippen molar-refractivity contribution in [3.8, 4) is 0 Å². The van der Waals surface area contributed by atoms with Crippen LogP contribution in [-0.2, 0) is 16.1 Å². The Kier molecular flexibility index (Phi) is 5.15. The molecule has 120 valence electrons. The van der Waals surface area contributed by atoms with E-state index in [2.05, 4.69) is 10.2 Å². The van der Waals surface area contributed by atoms with E-state index in [1.54, 1.807) is 26.3 Å². The van der Waals surface area contributed by atoms with Crippen LogP contribution in [0.25, 0.3) is 0 Å². The minimum atomic E-state index is -0.619. The minimum Gasteiger partial charge on any atom is -0.382 e. The number of amides is 2. The number of methoxy groups -OCH3 is 1. The van der Waals surface area contributed by atoms with Gasteiger partial charge in [0.25, 0.3) is 0 Å². The molecule has 0 aromatic heterocycles. The zero-order chi connectivity index (χ0) is 16.2. The molecule has 1 unspecified atom stereocenters. The largest absolute Gasteiger partial charge is 0.382 e. The first kappa shape index (κ1) is 16.5. The summed E-state index contributed by atoms with van der Waals surface area (Å²) < 4.78 is 5.31. The Balaban J connectivity index is 2.19. The van der Waals surface area contributed by atoms with Crippen LogP contribution in [0.4, 0.5) is 0 Å². The molecule has 6 nitrogen and oxygen atoms in total. The number of likely N-dealkylation sites (N-methyl/N-ethyl adjacent to an activating group) is 1. The van der Waals surface area contributed by atoms with Crippen LogP contribution < -0.4 is 11.1 Å². The standard InChI is InChI=1S/C16H23N3O3/c1-18-15(21)16(11-22-2)8-3-9-19(16)10-12-4-6-13(7-5-12)14(17)20/h4-7H,3,8-11H2,1-2H3,(H2,17,20)(H,18,21). The second-order valence-electron chi connectivity index (χ2n) is 5.63. The van der Waals surface area contributed by atoms with E-state index in [0.717, 1.165) is 24.9 Å². The van der Waals surface area contributed by atoms with Gasteiger partial charge in [-0.2, -0.15) is 0 Å². The molecule has 3 N–H and O–H groups in total. The third kappa shape index (κ3) is 3.13. The van der Waals surface area contributed by atoms with Crippen LogP contribution in [0.15, 0.2) is 24.3 Å². The highest BCUT2D eigenvalue weighted by Gasteiger charge is 2.46. The van der Waals surface area contributed by atoms with Gasteiger partial charge in [0.05, 0.1) is 6.61 Å². The minimum absolute atomic E-state index is 0.0133. The quantitative estimate of drug-likeness (QED) is 0.802. The van der Waals surface area contributed by atoms with Gasteiger partial charge >= 0.3 is 0 Å². The molecule has 1 aliphatic rings. The molecule has 0 radical (unpaired) electrons. The molecule has 2 amide bonds. The lowest BCUT2D eigenvalue weighted by molar-refractivity contribution is -0.135. The highest BCUT2D eigenvalue weighted by molar-refractivity contribution is 5.92. The van der Waals surface area contributed by atoms with Crippen molar-refractivity contribution >= 4 is 11.8 Å². The maximum Gasteiger partial charge on any atom is 0.248 e. The molecule has 0 aliphatic carbocycles. The summed E-state index contributed by atoms with van der Waals surface area (Å²) >= 11 is 0. The topological polar surface area (TPSA) is 84.7 Å². The Morgan fingerprint density at radius 2 is 2.05 bits per heavy atom. The SMILES string of the molecule is CNC(=O)C1(COC)CCCN1Cc1ccc(C(N)=O)cc1. The number of rotatable bonds is 6. The average Bonchev–Trinajstić information content (AvgIpc) is 2.91. The number of carbonyl (C=O) groups excluding carboxylic acids is 2. The highest BCUT2D eigenvalue weighted by atomic mass is 16.5. The van der Waals surface area contributed by atoms with E-state index in [4.69, 9.17) is 10.5 Å². The smallest absolute Gasteiger partial charge is 0.248 e. The van der Waals surface area contributed by atoms with E-state index >= 15 is 0 Å². The molecule has 1 saturated heterocycles. The number of ether oxygens (including phenoxy) is 1. The van der Waals surface area contributed by atoms with E-state index in [9.17, 15) is 9.59 Å². The van der Waals surface area contributed by atoms with Crippen molar-refractivity contribution in [3.05, 3.63) is 35.4 Å². The number of hydrogen-bond acceptors (Lipinski definition) is 4. The molecule has 6 heteroatoms. The number of nitrogens with one attached hydrogen (secondary N) is 1.